The molecule has 1 aromatic heterocycles. The molecule has 6 nitrogen and oxygen atoms in total. The van der Waals surface area contributed by atoms with Gasteiger partial charge in [-0.3, -0.25) is 5.10 Å². The zero-order chi connectivity index (χ0) is 15.7. The van der Waals surface area contributed by atoms with Crippen LogP contribution in [-0.4, -0.2) is 35.5 Å². The highest BCUT2D eigenvalue weighted by molar-refractivity contribution is 5.87. The largest absolute Gasteiger partial charge is 0.496 e. The molecule has 2 N–H and O–H groups in total. The fourth-order valence-electron chi connectivity index (χ4n) is 3.05. The van der Waals surface area contributed by atoms with E-state index in [1.807, 2.05) is 6.07 Å². The van der Waals surface area contributed by atoms with Crippen molar-refractivity contribution in [3.05, 3.63) is 29.0 Å². The molecule has 0 saturated heterocycles. The number of aromatic nitrogens is 2. The fraction of sp³-hybridized carbons (Fsp3) is 0.375. The first-order chi connectivity index (χ1) is 10.7. The SMILES string of the molecule is COc1cc(-c2cc(C(=O)O)[nH]n2)c(OC)c2c1CCCC2. The number of nitrogens with zero attached hydrogens (tertiary/aromatic N) is 1. The Hall–Kier alpha value is -2.50. The second-order valence-corrected chi connectivity index (χ2v) is 5.30. The lowest BCUT2D eigenvalue weighted by Crippen LogP contribution is -2.08. The number of nitrogens with one attached hydrogen (secondary N) is 1. The molecule has 1 aromatic carbocycles. The second kappa shape index (κ2) is 5.71. The van der Waals surface area contributed by atoms with Crippen LogP contribution in [0.25, 0.3) is 11.3 Å². The van der Waals surface area contributed by atoms with Crippen LogP contribution < -0.4 is 9.47 Å². The highest BCUT2D eigenvalue weighted by atomic mass is 16.5. The monoisotopic (exact) mass is 302 g/mol. The fourth-order valence-corrected chi connectivity index (χ4v) is 3.05. The molecule has 1 aliphatic rings. The van der Waals surface area contributed by atoms with Crippen molar-refractivity contribution in [1.29, 1.82) is 0 Å². The molecule has 0 radical (unpaired) electrons. The number of H-pyrrole nitrogens is 1. The van der Waals surface area contributed by atoms with Gasteiger partial charge in [-0.2, -0.15) is 5.10 Å². The molecule has 116 valence electrons. The van der Waals surface area contributed by atoms with Crippen molar-refractivity contribution in [3.63, 3.8) is 0 Å². The molecule has 0 unspecified atom stereocenters. The van der Waals surface area contributed by atoms with E-state index in [2.05, 4.69) is 10.2 Å². The standard InChI is InChI=1S/C16H18N2O4/c1-21-14-7-11(12-8-13(16(19)20)18-17-12)15(22-2)10-6-4-3-5-9(10)14/h7-8H,3-6H2,1-2H3,(H,17,18)(H,19,20). The van der Waals surface area contributed by atoms with Crippen molar-refractivity contribution in [3.8, 4) is 22.8 Å². The molecule has 1 heterocycles. The summed E-state index contributed by atoms with van der Waals surface area (Å²) in [6.07, 6.45) is 4.14. The Morgan fingerprint density at radius 3 is 2.50 bits per heavy atom. The summed E-state index contributed by atoms with van der Waals surface area (Å²) in [4.78, 5) is 11.0. The van der Waals surface area contributed by atoms with Crippen molar-refractivity contribution in [2.45, 2.75) is 25.7 Å². The van der Waals surface area contributed by atoms with E-state index in [4.69, 9.17) is 14.6 Å². The van der Waals surface area contributed by atoms with Gasteiger partial charge in [0.05, 0.1) is 19.9 Å². The maximum absolute atomic E-state index is 11.0. The van der Waals surface area contributed by atoms with Gasteiger partial charge in [-0.1, -0.05) is 0 Å². The Morgan fingerprint density at radius 2 is 1.91 bits per heavy atom. The Labute approximate surface area is 128 Å². The van der Waals surface area contributed by atoms with E-state index >= 15 is 0 Å². The smallest absolute Gasteiger partial charge is 0.353 e. The van der Waals surface area contributed by atoms with E-state index < -0.39 is 5.97 Å². The number of carboxylic acids is 1. The lowest BCUT2D eigenvalue weighted by atomic mass is 9.88. The predicted octanol–water partition coefficient (Wildman–Crippen LogP) is 2.67. The number of hydrogen-bond donors (Lipinski definition) is 2. The zero-order valence-corrected chi connectivity index (χ0v) is 12.6. The average molecular weight is 302 g/mol. The first kappa shape index (κ1) is 14.4. The summed E-state index contributed by atoms with van der Waals surface area (Å²) in [5.74, 6) is 0.534. The molecule has 0 fully saturated rings. The number of rotatable bonds is 4. The number of carboxylic acid groups (broad SMARTS) is 1. The van der Waals surface area contributed by atoms with Crippen LogP contribution in [-0.2, 0) is 12.8 Å². The number of ether oxygens (including phenoxy) is 2. The van der Waals surface area contributed by atoms with Crippen molar-refractivity contribution in [1.82, 2.24) is 10.2 Å². The average Bonchev–Trinajstić information content (AvgIpc) is 3.03. The maximum Gasteiger partial charge on any atom is 0.353 e. The summed E-state index contributed by atoms with van der Waals surface area (Å²) in [6, 6.07) is 3.39. The number of aromatic amines is 1. The molecule has 22 heavy (non-hydrogen) atoms. The van der Waals surface area contributed by atoms with Gasteiger partial charge in [0.2, 0.25) is 0 Å². The zero-order valence-electron chi connectivity index (χ0n) is 12.6. The Kier molecular flexibility index (Phi) is 3.75. The minimum atomic E-state index is -1.04. The van der Waals surface area contributed by atoms with Crippen LogP contribution in [0.2, 0.25) is 0 Å². The Balaban J connectivity index is 2.19. The number of aromatic carboxylic acids is 1. The number of benzene rings is 1. The molecule has 2 aromatic rings. The number of hydrogen-bond acceptors (Lipinski definition) is 4. The third-order valence-electron chi connectivity index (χ3n) is 4.07. The van der Waals surface area contributed by atoms with Gasteiger partial charge < -0.3 is 14.6 Å². The van der Waals surface area contributed by atoms with Gasteiger partial charge >= 0.3 is 5.97 Å². The molecule has 0 amide bonds. The van der Waals surface area contributed by atoms with E-state index in [1.54, 1.807) is 14.2 Å². The quantitative estimate of drug-likeness (QED) is 0.907. The van der Waals surface area contributed by atoms with E-state index in [-0.39, 0.29) is 5.69 Å². The molecule has 6 heteroatoms. The van der Waals surface area contributed by atoms with E-state index in [1.165, 1.54) is 11.6 Å². The first-order valence-corrected chi connectivity index (χ1v) is 7.21. The predicted molar refractivity (Wildman–Crippen MR) is 80.7 cm³/mol. The number of methoxy groups -OCH3 is 2. The summed E-state index contributed by atoms with van der Waals surface area (Å²) >= 11 is 0. The van der Waals surface area contributed by atoms with Gasteiger partial charge in [0.15, 0.2) is 0 Å². The summed E-state index contributed by atoms with van der Waals surface area (Å²) in [7, 11) is 3.28. The van der Waals surface area contributed by atoms with Gasteiger partial charge in [0.1, 0.15) is 17.2 Å². The molecule has 1 aliphatic carbocycles. The van der Waals surface area contributed by atoms with E-state index in [0.29, 0.717) is 5.69 Å². The lowest BCUT2D eigenvalue weighted by Gasteiger charge is -2.23. The van der Waals surface area contributed by atoms with Gasteiger partial charge in [0, 0.05) is 16.7 Å². The van der Waals surface area contributed by atoms with Crippen LogP contribution in [0.1, 0.15) is 34.5 Å². The van der Waals surface area contributed by atoms with Gasteiger partial charge in [0.25, 0.3) is 0 Å². The van der Waals surface area contributed by atoms with Crippen LogP contribution in [0, 0.1) is 0 Å². The lowest BCUT2D eigenvalue weighted by molar-refractivity contribution is 0.0690. The van der Waals surface area contributed by atoms with Crippen molar-refractivity contribution >= 4 is 5.97 Å². The Morgan fingerprint density at radius 1 is 1.18 bits per heavy atom. The third kappa shape index (κ3) is 2.30. The van der Waals surface area contributed by atoms with E-state index in [9.17, 15) is 4.79 Å². The maximum atomic E-state index is 11.0. The highest BCUT2D eigenvalue weighted by Crippen LogP contribution is 2.42. The minimum Gasteiger partial charge on any atom is -0.496 e. The molecular formula is C16H18N2O4. The molecular weight excluding hydrogens is 284 g/mol. The summed E-state index contributed by atoms with van der Waals surface area (Å²) < 4.78 is 11.1. The molecule has 0 saturated carbocycles. The van der Waals surface area contributed by atoms with Gasteiger partial charge in [-0.25, -0.2) is 4.79 Å². The van der Waals surface area contributed by atoms with Crippen LogP contribution in [0.3, 0.4) is 0 Å². The van der Waals surface area contributed by atoms with Gasteiger partial charge in [-0.05, 0) is 37.8 Å². The molecule has 0 bridgehead atoms. The minimum absolute atomic E-state index is 0.0498. The van der Waals surface area contributed by atoms with Crippen molar-refractivity contribution < 1.29 is 19.4 Å². The number of fused-ring (bicyclic) bond motifs is 1. The first-order valence-electron chi connectivity index (χ1n) is 7.21. The summed E-state index contributed by atoms with van der Waals surface area (Å²) in [5.41, 5.74) is 3.67. The van der Waals surface area contributed by atoms with Crippen LogP contribution in [0.5, 0.6) is 11.5 Å². The Bertz CT molecular complexity index is 721. The normalized spacial score (nSPS) is 13.5. The molecule has 0 spiro atoms. The number of carbonyl (C=O) groups is 1. The van der Waals surface area contributed by atoms with Crippen LogP contribution in [0.4, 0.5) is 0 Å². The van der Waals surface area contributed by atoms with Gasteiger partial charge in [-0.15, -0.1) is 0 Å². The summed E-state index contributed by atoms with van der Waals surface area (Å²) in [6.45, 7) is 0. The van der Waals surface area contributed by atoms with Crippen molar-refractivity contribution in [2.24, 2.45) is 0 Å². The van der Waals surface area contributed by atoms with Crippen molar-refractivity contribution in [2.75, 3.05) is 14.2 Å². The molecule has 0 atom stereocenters. The topological polar surface area (TPSA) is 84.4 Å². The molecule has 3 rings (SSSR count). The third-order valence-corrected chi connectivity index (χ3v) is 4.07. The summed E-state index contributed by atoms with van der Waals surface area (Å²) in [5, 5.41) is 15.7. The second-order valence-electron chi connectivity index (χ2n) is 5.30. The highest BCUT2D eigenvalue weighted by Gasteiger charge is 2.24. The van der Waals surface area contributed by atoms with Crippen LogP contribution in [0.15, 0.2) is 12.1 Å². The van der Waals surface area contributed by atoms with Crippen LogP contribution >= 0.6 is 0 Å². The van der Waals surface area contributed by atoms with E-state index in [0.717, 1.165) is 48.3 Å². The molecule has 0 aliphatic heterocycles.